The first-order valence-electron chi connectivity index (χ1n) is 9.15. The second kappa shape index (κ2) is 10.4. The Morgan fingerprint density at radius 3 is 2.38 bits per heavy atom. The molecule has 2 rings (SSSR count). The number of halogens is 1. The third-order valence-electron chi connectivity index (χ3n) is 4.27. The summed E-state index contributed by atoms with van der Waals surface area (Å²) >= 11 is 0. The fraction of sp³-hybridized carbons (Fsp3) is 0.364. The Balaban J connectivity index is 1.85. The first kappa shape index (κ1) is 19.7. The van der Waals surface area contributed by atoms with Gasteiger partial charge in [0.2, 0.25) is 0 Å². The maximum atomic E-state index is 13.8. The molecule has 0 saturated carbocycles. The predicted octanol–water partition coefficient (Wildman–Crippen LogP) is 5.82. The maximum absolute atomic E-state index is 13.8. The van der Waals surface area contributed by atoms with Crippen LogP contribution in [0, 0.1) is 17.1 Å². The summed E-state index contributed by atoms with van der Waals surface area (Å²) in [5.74, 6) is -1.51. The maximum Gasteiger partial charge on any atom is 0.343 e. The van der Waals surface area contributed by atoms with Gasteiger partial charge in [-0.15, -0.1) is 0 Å². The van der Waals surface area contributed by atoms with Gasteiger partial charge in [-0.1, -0.05) is 51.2 Å². The highest BCUT2D eigenvalue weighted by Crippen LogP contribution is 2.20. The second-order valence-electron chi connectivity index (χ2n) is 6.36. The molecule has 0 amide bonds. The lowest BCUT2D eigenvalue weighted by atomic mass is 10.0. The van der Waals surface area contributed by atoms with Crippen molar-refractivity contribution in [3.63, 3.8) is 0 Å². The monoisotopic (exact) mass is 353 g/mol. The van der Waals surface area contributed by atoms with Gasteiger partial charge in [0.25, 0.3) is 0 Å². The van der Waals surface area contributed by atoms with E-state index in [1.165, 1.54) is 49.8 Å². The minimum atomic E-state index is -0.725. The number of carbonyl (C=O) groups excluding carboxylic acids is 1. The number of nitriles is 1. The van der Waals surface area contributed by atoms with E-state index in [2.05, 4.69) is 6.92 Å². The highest BCUT2D eigenvalue weighted by molar-refractivity contribution is 5.91. The Hall–Kier alpha value is -2.67. The zero-order valence-corrected chi connectivity index (χ0v) is 15.1. The van der Waals surface area contributed by atoms with E-state index in [1.54, 1.807) is 12.1 Å². The Labute approximate surface area is 154 Å². The lowest BCUT2D eigenvalue weighted by Crippen LogP contribution is -2.09. The molecule has 0 fully saturated rings. The summed E-state index contributed by atoms with van der Waals surface area (Å²) in [6.45, 7) is 2.21. The van der Waals surface area contributed by atoms with Crippen LogP contribution in [0.5, 0.6) is 5.75 Å². The number of unbranched alkanes of at least 4 members (excludes halogenated alkanes) is 5. The number of aryl methyl sites for hydroxylation is 1. The van der Waals surface area contributed by atoms with E-state index in [9.17, 15) is 9.18 Å². The minimum Gasteiger partial charge on any atom is -0.420 e. The molecular formula is C22H24FNO2. The van der Waals surface area contributed by atoms with Crippen LogP contribution in [-0.4, -0.2) is 5.97 Å². The molecule has 0 aliphatic rings. The number of carbonyl (C=O) groups is 1. The fourth-order valence-electron chi connectivity index (χ4n) is 2.73. The highest BCUT2D eigenvalue weighted by atomic mass is 19.1. The number of nitrogens with zero attached hydrogens (tertiary/aromatic N) is 1. The lowest BCUT2D eigenvalue weighted by molar-refractivity contribution is 0.0728. The lowest BCUT2D eigenvalue weighted by Gasteiger charge is -2.07. The van der Waals surface area contributed by atoms with E-state index in [4.69, 9.17) is 10.00 Å². The van der Waals surface area contributed by atoms with Crippen molar-refractivity contribution in [1.29, 1.82) is 5.26 Å². The van der Waals surface area contributed by atoms with Crippen molar-refractivity contribution < 1.29 is 13.9 Å². The molecule has 0 aliphatic carbocycles. The van der Waals surface area contributed by atoms with Gasteiger partial charge in [-0.05, 0) is 48.7 Å². The van der Waals surface area contributed by atoms with Gasteiger partial charge in [-0.2, -0.15) is 5.26 Å². The largest absolute Gasteiger partial charge is 0.420 e. The zero-order chi connectivity index (χ0) is 18.8. The number of hydrogen-bond acceptors (Lipinski definition) is 3. The number of hydrogen-bond donors (Lipinski definition) is 0. The Morgan fingerprint density at radius 2 is 1.73 bits per heavy atom. The molecular weight excluding hydrogens is 329 g/mol. The van der Waals surface area contributed by atoms with Crippen LogP contribution in [0.1, 0.15) is 66.9 Å². The number of esters is 1. The molecule has 26 heavy (non-hydrogen) atoms. The average molecular weight is 353 g/mol. The van der Waals surface area contributed by atoms with Crippen molar-refractivity contribution in [3.8, 4) is 11.8 Å². The van der Waals surface area contributed by atoms with Crippen LogP contribution in [0.25, 0.3) is 0 Å². The molecule has 0 spiro atoms. The van der Waals surface area contributed by atoms with Gasteiger partial charge in [0.15, 0.2) is 11.6 Å². The number of ether oxygens (including phenoxy) is 1. The molecule has 4 heteroatoms. The smallest absolute Gasteiger partial charge is 0.343 e. The summed E-state index contributed by atoms with van der Waals surface area (Å²) in [6, 6.07) is 12.8. The van der Waals surface area contributed by atoms with Gasteiger partial charge in [-0.25, -0.2) is 9.18 Å². The molecule has 0 aliphatic heterocycles. The third-order valence-corrected chi connectivity index (χ3v) is 4.27. The molecule has 0 unspecified atom stereocenters. The van der Waals surface area contributed by atoms with Gasteiger partial charge in [0.1, 0.15) is 0 Å². The van der Waals surface area contributed by atoms with Crippen LogP contribution in [0.2, 0.25) is 0 Å². The normalized spacial score (nSPS) is 10.3. The van der Waals surface area contributed by atoms with Crippen LogP contribution in [0.4, 0.5) is 4.39 Å². The van der Waals surface area contributed by atoms with Crippen molar-refractivity contribution >= 4 is 5.97 Å². The highest BCUT2D eigenvalue weighted by Gasteiger charge is 2.12. The summed E-state index contributed by atoms with van der Waals surface area (Å²) in [7, 11) is 0. The van der Waals surface area contributed by atoms with Crippen molar-refractivity contribution in [2.45, 2.75) is 51.9 Å². The molecule has 0 radical (unpaired) electrons. The summed E-state index contributed by atoms with van der Waals surface area (Å²) in [5.41, 5.74) is 1.74. The molecule has 0 bridgehead atoms. The van der Waals surface area contributed by atoms with Crippen molar-refractivity contribution in [2.75, 3.05) is 0 Å². The van der Waals surface area contributed by atoms with Crippen LogP contribution in [0.15, 0.2) is 42.5 Å². The predicted molar refractivity (Wildman–Crippen MR) is 99.6 cm³/mol. The Kier molecular flexibility index (Phi) is 7.82. The SMILES string of the molecule is CCCCCCCCc1ccc(C(=O)Oc2ccc(C#N)cc2F)cc1. The summed E-state index contributed by atoms with van der Waals surface area (Å²) in [4.78, 5) is 12.1. The topological polar surface area (TPSA) is 50.1 Å². The van der Waals surface area contributed by atoms with E-state index in [-0.39, 0.29) is 11.3 Å². The molecule has 0 aromatic heterocycles. The second-order valence-corrected chi connectivity index (χ2v) is 6.36. The van der Waals surface area contributed by atoms with E-state index in [1.807, 2.05) is 18.2 Å². The standard InChI is InChI=1S/C22H24FNO2/c1-2-3-4-5-6-7-8-17-9-12-19(13-10-17)22(25)26-21-14-11-18(16-24)15-20(21)23/h9-15H,2-8H2,1H3. The molecule has 136 valence electrons. The van der Waals surface area contributed by atoms with Crippen molar-refractivity contribution in [1.82, 2.24) is 0 Å². The summed E-state index contributed by atoms with van der Waals surface area (Å²) in [5, 5.41) is 8.73. The first-order chi connectivity index (χ1) is 12.6. The quantitative estimate of drug-likeness (QED) is 0.324. The van der Waals surface area contributed by atoms with Gasteiger partial charge < -0.3 is 4.74 Å². The van der Waals surface area contributed by atoms with Crippen LogP contribution >= 0.6 is 0 Å². The third kappa shape index (κ3) is 6.00. The molecule has 0 atom stereocenters. The number of benzene rings is 2. The summed E-state index contributed by atoms with van der Waals surface area (Å²) < 4.78 is 18.9. The Bertz CT molecular complexity index is 763. The van der Waals surface area contributed by atoms with E-state index in [0.29, 0.717) is 5.56 Å². The molecule has 3 nitrogen and oxygen atoms in total. The van der Waals surface area contributed by atoms with Crippen LogP contribution in [-0.2, 0) is 6.42 Å². The van der Waals surface area contributed by atoms with Crippen molar-refractivity contribution in [2.24, 2.45) is 0 Å². The molecule has 0 saturated heterocycles. The molecule has 0 N–H and O–H groups in total. The molecule has 2 aromatic rings. The fourth-order valence-corrected chi connectivity index (χ4v) is 2.73. The van der Waals surface area contributed by atoms with E-state index >= 15 is 0 Å². The van der Waals surface area contributed by atoms with Gasteiger partial charge >= 0.3 is 5.97 Å². The van der Waals surface area contributed by atoms with E-state index in [0.717, 1.165) is 18.9 Å². The molecule has 2 aromatic carbocycles. The van der Waals surface area contributed by atoms with Gasteiger partial charge in [0, 0.05) is 0 Å². The van der Waals surface area contributed by atoms with Gasteiger partial charge in [0.05, 0.1) is 17.2 Å². The van der Waals surface area contributed by atoms with Crippen LogP contribution < -0.4 is 4.74 Å². The van der Waals surface area contributed by atoms with Crippen molar-refractivity contribution in [3.05, 3.63) is 65.0 Å². The minimum absolute atomic E-state index is 0.176. The number of rotatable bonds is 9. The van der Waals surface area contributed by atoms with Gasteiger partial charge in [-0.3, -0.25) is 0 Å². The summed E-state index contributed by atoms with van der Waals surface area (Å²) in [6.07, 6.45) is 8.49. The first-order valence-corrected chi connectivity index (χ1v) is 9.15. The Morgan fingerprint density at radius 1 is 1.04 bits per heavy atom. The zero-order valence-electron chi connectivity index (χ0n) is 15.1. The van der Waals surface area contributed by atoms with Crippen LogP contribution in [0.3, 0.4) is 0 Å². The average Bonchev–Trinajstić information content (AvgIpc) is 2.66. The van der Waals surface area contributed by atoms with E-state index < -0.39 is 11.8 Å². The molecule has 0 heterocycles.